The van der Waals surface area contributed by atoms with Crippen molar-refractivity contribution in [2.24, 2.45) is 5.92 Å². The maximum atomic E-state index is 13.3. The van der Waals surface area contributed by atoms with E-state index in [1.54, 1.807) is 13.3 Å². The number of nitro groups is 1. The summed E-state index contributed by atoms with van der Waals surface area (Å²) in [6.07, 6.45) is 3.07. The second kappa shape index (κ2) is 9.65. The Morgan fingerprint density at radius 2 is 2.14 bits per heavy atom. The molecular formula is C23H22N4O7S2. The Kier molecular flexibility index (Phi) is 6.55. The minimum absolute atomic E-state index is 0.0251. The number of carbonyl (C=O) groups is 2. The number of aliphatic hydroxyl groups excluding tert-OH is 2. The van der Waals surface area contributed by atoms with E-state index in [2.05, 4.69) is 4.98 Å². The minimum atomic E-state index is -0.847. The first-order valence-corrected chi connectivity index (χ1v) is 13.0. The lowest BCUT2D eigenvalue weighted by Crippen LogP contribution is -2.61. The average molecular weight is 531 g/mol. The molecule has 1 saturated heterocycles. The number of fused-ring (bicyclic) bond motifs is 2. The molecule has 5 rings (SSSR count). The number of imidazole rings is 1. The molecule has 3 atom stereocenters. The van der Waals surface area contributed by atoms with Crippen molar-refractivity contribution in [3.8, 4) is 0 Å². The molecule has 13 heteroatoms. The number of aromatic nitrogens is 2. The number of nitro benzene ring substituents is 1. The van der Waals surface area contributed by atoms with Crippen LogP contribution in [0.15, 0.2) is 47.5 Å². The van der Waals surface area contributed by atoms with E-state index < -0.39 is 22.9 Å². The Morgan fingerprint density at radius 1 is 1.39 bits per heavy atom. The number of hydrogen-bond acceptors (Lipinski definition) is 10. The molecule has 2 N–H and O–H groups in total. The van der Waals surface area contributed by atoms with Crippen molar-refractivity contribution >= 4 is 51.1 Å². The molecule has 0 unspecified atom stereocenters. The summed E-state index contributed by atoms with van der Waals surface area (Å²) in [5, 5.41) is 30.9. The summed E-state index contributed by atoms with van der Waals surface area (Å²) in [6.45, 7) is 1.48. The van der Waals surface area contributed by atoms with Crippen LogP contribution in [0.4, 0.5) is 5.69 Å². The molecule has 0 radical (unpaired) electrons. The first-order chi connectivity index (χ1) is 17.3. The van der Waals surface area contributed by atoms with Crippen molar-refractivity contribution in [2.45, 2.75) is 37.1 Å². The zero-order valence-corrected chi connectivity index (χ0v) is 20.7. The molecule has 0 bridgehead atoms. The predicted molar refractivity (Wildman–Crippen MR) is 131 cm³/mol. The highest BCUT2D eigenvalue weighted by atomic mass is 32.2. The van der Waals surface area contributed by atoms with Crippen molar-refractivity contribution in [3.63, 3.8) is 0 Å². The van der Waals surface area contributed by atoms with Gasteiger partial charge < -0.3 is 19.8 Å². The Hall–Kier alpha value is -3.26. The highest BCUT2D eigenvalue weighted by Gasteiger charge is 2.57. The van der Waals surface area contributed by atoms with Crippen molar-refractivity contribution < 1.29 is 29.5 Å². The number of hydrogen-bond donors (Lipinski definition) is 2. The molecule has 36 heavy (non-hydrogen) atoms. The smallest absolute Gasteiger partial charge is 0.355 e. The summed E-state index contributed by atoms with van der Waals surface area (Å²) < 4.78 is 7.37. The number of non-ortho nitro benzene ring substituents is 1. The van der Waals surface area contributed by atoms with Gasteiger partial charge in [-0.1, -0.05) is 0 Å². The van der Waals surface area contributed by atoms with E-state index in [0.29, 0.717) is 23.3 Å². The van der Waals surface area contributed by atoms with Crippen molar-refractivity contribution in [2.75, 3.05) is 12.4 Å². The van der Waals surface area contributed by atoms with Crippen LogP contribution in [0.5, 0.6) is 0 Å². The number of β-lactam (4-membered cyclic amide) rings is 1. The van der Waals surface area contributed by atoms with Crippen molar-refractivity contribution in [1.82, 2.24) is 14.3 Å². The number of amides is 1. The van der Waals surface area contributed by atoms with Gasteiger partial charge in [-0.3, -0.25) is 19.3 Å². The molecule has 11 nitrogen and oxygen atoms in total. The highest BCUT2D eigenvalue weighted by molar-refractivity contribution is 7.99. The molecule has 1 aromatic carbocycles. The van der Waals surface area contributed by atoms with E-state index in [4.69, 9.17) is 9.84 Å². The van der Waals surface area contributed by atoms with Crippen LogP contribution in [0.3, 0.4) is 0 Å². The van der Waals surface area contributed by atoms with E-state index >= 15 is 0 Å². The van der Waals surface area contributed by atoms with Crippen LogP contribution in [-0.2, 0) is 20.9 Å². The molecule has 2 aromatic heterocycles. The summed E-state index contributed by atoms with van der Waals surface area (Å²) in [7, 11) is 0. The predicted octanol–water partition coefficient (Wildman–Crippen LogP) is 2.45. The molecule has 0 spiro atoms. The van der Waals surface area contributed by atoms with Gasteiger partial charge in [0.25, 0.3) is 5.69 Å². The number of benzene rings is 1. The Morgan fingerprint density at radius 3 is 2.81 bits per heavy atom. The Balaban J connectivity index is 1.44. The third-order valence-electron chi connectivity index (χ3n) is 6.25. The normalized spacial score (nSPS) is 20.0. The van der Waals surface area contributed by atoms with Crippen LogP contribution >= 0.6 is 23.1 Å². The number of ether oxygens (including phenoxy) is 1. The zero-order valence-electron chi connectivity index (χ0n) is 19.1. The number of thiazole rings is 1. The second-order valence-electron chi connectivity index (χ2n) is 8.50. The third-order valence-corrected chi connectivity index (χ3v) is 8.50. The lowest BCUT2D eigenvalue weighted by Gasteiger charge is -2.44. The van der Waals surface area contributed by atoms with Gasteiger partial charge in [0.1, 0.15) is 28.5 Å². The topological polar surface area (TPSA) is 148 Å². The van der Waals surface area contributed by atoms with Crippen LogP contribution in [0, 0.1) is 16.0 Å². The maximum absolute atomic E-state index is 13.3. The molecule has 1 fully saturated rings. The van der Waals surface area contributed by atoms with Gasteiger partial charge in [-0.05, 0) is 31.0 Å². The number of esters is 1. The van der Waals surface area contributed by atoms with E-state index in [1.807, 2.05) is 10.6 Å². The van der Waals surface area contributed by atoms with Crippen LogP contribution in [0.1, 0.15) is 23.8 Å². The molecule has 4 heterocycles. The van der Waals surface area contributed by atoms with E-state index in [0.717, 1.165) is 14.7 Å². The third kappa shape index (κ3) is 4.17. The molecule has 188 valence electrons. The fourth-order valence-corrected chi connectivity index (χ4v) is 6.53. The Bertz CT molecular complexity index is 1380. The van der Waals surface area contributed by atoms with E-state index in [1.165, 1.54) is 52.3 Å². The summed E-state index contributed by atoms with van der Waals surface area (Å²) in [4.78, 5) is 43.9. The Labute approximate surface area is 213 Å². The molecule has 1 amide bonds. The van der Waals surface area contributed by atoms with Gasteiger partial charge in [-0.2, -0.15) is 0 Å². The fraction of sp³-hybridized carbons (Fsp3) is 0.348. The van der Waals surface area contributed by atoms with Gasteiger partial charge in [0.2, 0.25) is 5.91 Å². The number of carbonyl (C=O) groups excluding carboxylic acids is 2. The maximum Gasteiger partial charge on any atom is 0.355 e. The SMILES string of the molecule is C[C@@H](O)[C@H]1C(=O)N2C(C(=O)OCc3ccc([N+](=O)[O-])cc3)=C(c3cn4cnc(SCCO)c4s3)C[C@H]12. The lowest BCUT2D eigenvalue weighted by atomic mass is 9.83. The van der Waals surface area contributed by atoms with Crippen LogP contribution in [-0.4, -0.2) is 65.8 Å². The molecular weight excluding hydrogens is 508 g/mol. The summed E-state index contributed by atoms with van der Waals surface area (Å²) in [5.74, 6) is -1.09. The molecule has 2 aliphatic heterocycles. The van der Waals surface area contributed by atoms with E-state index in [9.17, 15) is 24.8 Å². The number of rotatable bonds is 9. The monoisotopic (exact) mass is 530 g/mol. The number of nitrogens with zero attached hydrogens (tertiary/aromatic N) is 4. The second-order valence-corrected chi connectivity index (χ2v) is 10.6. The molecule has 0 aliphatic carbocycles. The molecule has 0 saturated carbocycles. The highest BCUT2D eigenvalue weighted by Crippen LogP contribution is 2.48. The minimum Gasteiger partial charge on any atom is -0.456 e. The lowest BCUT2D eigenvalue weighted by molar-refractivity contribution is -0.384. The largest absolute Gasteiger partial charge is 0.456 e. The summed E-state index contributed by atoms with van der Waals surface area (Å²) in [6, 6.07) is 5.35. The summed E-state index contributed by atoms with van der Waals surface area (Å²) in [5.41, 5.74) is 1.33. The van der Waals surface area contributed by atoms with Crippen molar-refractivity contribution in [1.29, 1.82) is 0 Å². The zero-order chi connectivity index (χ0) is 25.6. The molecule has 2 aliphatic rings. The number of thioether (sulfide) groups is 1. The van der Waals surface area contributed by atoms with Gasteiger partial charge in [0.15, 0.2) is 0 Å². The summed E-state index contributed by atoms with van der Waals surface area (Å²) >= 11 is 2.86. The first-order valence-electron chi connectivity index (χ1n) is 11.2. The van der Waals surface area contributed by atoms with Gasteiger partial charge in [0, 0.05) is 29.7 Å². The van der Waals surface area contributed by atoms with Crippen molar-refractivity contribution in [3.05, 3.63) is 63.0 Å². The van der Waals surface area contributed by atoms with Gasteiger partial charge in [0.05, 0.1) is 34.5 Å². The van der Waals surface area contributed by atoms with Crippen LogP contribution in [0.25, 0.3) is 10.4 Å². The van der Waals surface area contributed by atoms with Gasteiger partial charge in [-0.25, -0.2) is 9.78 Å². The fourth-order valence-electron chi connectivity index (χ4n) is 4.57. The number of aliphatic hydroxyl groups is 2. The quantitative estimate of drug-likeness (QED) is 0.140. The average Bonchev–Trinajstić information content (AvgIpc) is 3.52. The first kappa shape index (κ1) is 24.4. The van der Waals surface area contributed by atoms with E-state index in [-0.39, 0.29) is 36.5 Å². The molecule has 3 aromatic rings. The van der Waals surface area contributed by atoms with Gasteiger partial charge in [-0.15, -0.1) is 23.1 Å². The van der Waals surface area contributed by atoms with Crippen LogP contribution < -0.4 is 0 Å². The van der Waals surface area contributed by atoms with Crippen LogP contribution in [0.2, 0.25) is 0 Å². The van der Waals surface area contributed by atoms with Gasteiger partial charge >= 0.3 is 5.97 Å². The standard InChI is InChI=1S/C23H22N4O7S2/c1-12(29)18-16-8-15(17-9-25-11-24-20(22(25)36-17)35-7-6-28)19(26(16)21(18)30)23(31)34-10-13-2-4-14(5-3-13)27(32)33/h2-5,9,11-12,16,18,28-29H,6-8,10H2,1H3/t12-,16-,18-/m1/s1.